The monoisotopic (exact) mass is 341 g/mol. The fourth-order valence-electron chi connectivity index (χ4n) is 2.38. The van der Waals surface area contributed by atoms with Gasteiger partial charge in [-0.15, -0.1) is 0 Å². The van der Waals surface area contributed by atoms with Crippen LogP contribution in [-0.4, -0.2) is 23.2 Å². The predicted octanol–water partition coefficient (Wildman–Crippen LogP) is 3.05. The van der Waals surface area contributed by atoms with Crippen LogP contribution in [0.3, 0.4) is 0 Å². The molecule has 1 heterocycles. The second kappa shape index (κ2) is 7.12. The minimum Gasteiger partial charge on any atom is -0.497 e. The molecular weight excluding hydrogens is 325 g/mol. The van der Waals surface area contributed by atoms with E-state index in [0.29, 0.717) is 17.2 Å². The van der Waals surface area contributed by atoms with E-state index in [2.05, 4.69) is 15.5 Å². The van der Waals surface area contributed by atoms with Crippen molar-refractivity contribution in [1.82, 2.24) is 15.5 Å². The average molecular weight is 341 g/mol. The maximum atomic E-state index is 14.2. The third-order valence-electron chi connectivity index (χ3n) is 3.65. The highest BCUT2D eigenvalue weighted by Crippen LogP contribution is 2.23. The van der Waals surface area contributed by atoms with Crippen molar-refractivity contribution in [2.75, 3.05) is 7.11 Å². The highest BCUT2D eigenvalue weighted by molar-refractivity contribution is 5.94. The van der Waals surface area contributed by atoms with Gasteiger partial charge >= 0.3 is 0 Å². The molecule has 25 heavy (non-hydrogen) atoms. The number of ether oxygens (including phenoxy) is 1. The lowest BCUT2D eigenvalue weighted by molar-refractivity contribution is 0.0940. The van der Waals surface area contributed by atoms with Gasteiger partial charge in [0.2, 0.25) is 5.89 Å². The van der Waals surface area contributed by atoms with Crippen LogP contribution in [0.25, 0.3) is 0 Å². The third kappa shape index (κ3) is 3.65. The zero-order chi connectivity index (χ0) is 17.8. The molecule has 6 nitrogen and oxygen atoms in total. The van der Waals surface area contributed by atoms with Crippen LogP contribution in [-0.2, 0) is 0 Å². The fraction of sp³-hybridized carbons (Fsp3) is 0.167. The van der Waals surface area contributed by atoms with E-state index in [1.807, 2.05) is 0 Å². The zero-order valence-electron chi connectivity index (χ0n) is 13.7. The van der Waals surface area contributed by atoms with Crippen LogP contribution < -0.4 is 10.1 Å². The van der Waals surface area contributed by atoms with Crippen LogP contribution in [0.2, 0.25) is 0 Å². The molecule has 1 aromatic heterocycles. The number of carbonyl (C=O) groups is 1. The number of rotatable bonds is 5. The molecule has 1 N–H and O–H groups in total. The Labute approximate surface area is 143 Å². The molecule has 0 bridgehead atoms. The van der Waals surface area contributed by atoms with E-state index in [-0.39, 0.29) is 11.4 Å². The van der Waals surface area contributed by atoms with Gasteiger partial charge in [-0.05, 0) is 30.3 Å². The van der Waals surface area contributed by atoms with E-state index in [4.69, 9.17) is 9.26 Å². The van der Waals surface area contributed by atoms with Crippen molar-refractivity contribution >= 4 is 5.91 Å². The lowest BCUT2D eigenvalue weighted by Gasteiger charge is -2.16. The number of halogens is 1. The molecule has 1 unspecified atom stereocenters. The summed E-state index contributed by atoms with van der Waals surface area (Å²) in [4.78, 5) is 16.7. The number of methoxy groups -OCH3 is 1. The Hall–Kier alpha value is -3.22. The van der Waals surface area contributed by atoms with E-state index in [9.17, 15) is 9.18 Å². The number of benzene rings is 2. The van der Waals surface area contributed by atoms with Gasteiger partial charge in [-0.1, -0.05) is 23.4 Å². The molecule has 7 heteroatoms. The molecule has 2 aromatic carbocycles. The molecule has 3 rings (SSSR count). The minimum atomic E-state index is -0.867. The Kier molecular flexibility index (Phi) is 4.74. The largest absolute Gasteiger partial charge is 0.497 e. The summed E-state index contributed by atoms with van der Waals surface area (Å²) in [6.07, 6.45) is 0. The Morgan fingerprint density at radius 2 is 1.92 bits per heavy atom. The number of nitrogens with one attached hydrogen (secondary N) is 1. The third-order valence-corrected chi connectivity index (χ3v) is 3.65. The Morgan fingerprint density at radius 1 is 1.20 bits per heavy atom. The van der Waals surface area contributed by atoms with Crippen LogP contribution in [0.15, 0.2) is 53.1 Å². The molecule has 0 aliphatic carbocycles. The Morgan fingerprint density at radius 3 is 2.52 bits per heavy atom. The summed E-state index contributed by atoms with van der Waals surface area (Å²) in [5.41, 5.74) is 0.660. The molecule has 0 saturated carbocycles. The standard InChI is InChI=1S/C18H16FN3O3/c1-11-20-17(22-25-11)16(14-5-3-4-6-15(14)19)21-18(23)12-7-9-13(24-2)10-8-12/h3-10,16H,1-2H3,(H,21,23). The summed E-state index contributed by atoms with van der Waals surface area (Å²) in [7, 11) is 1.54. The van der Waals surface area contributed by atoms with Crippen LogP contribution in [0.1, 0.15) is 33.7 Å². The number of nitrogens with zero attached hydrogens (tertiary/aromatic N) is 2. The van der Waals surface area contributed by atoms with Gasteiger partial charge < -0.3 is 14.6 Å². The summed E-state index contributed by atoms with van der Waals surface area (Å²) < 4.78 is 24.3. The molecule has 0 spiro atoms. The smallest absolute Gasteiger partial charge is 0.252 e. The van der Waals surface area contributed by atoms with Crippen molar-refractivity contribution in [3.63, 3.8) is 0 Å². The lowest BCUT2D eigenvalue weighted by Crippen LogP contribution is -2.30. The number of aromatic nitrogens is 2. The van der Waals surface area contributed by atoms with Gasteiger partial charge in [0.15, 0.2) is 5.82 Å². The minimum absolute atomic E-state index is 0.185. The normalized spacial score (nSPS) is 11.8. The maximum absolute atomic E-state index is 14.2. The molecule has 0 saturated heterocycles. The van der Waals surface area contributed by atoms with E-state index >= 15 is 0 Å². The first-order valence-electron chi connectivity index (χ1n) is 7.58. The molecule has 1 atom stereocenters. The Balaban J connectivity index is 1.92. The topological polar surface area (TPSA) is 77.2 Å². The van der Waals surface area contributed by atoms with Gasteiger partial charge in [-0.3, -0.25) is 4.79 Å². The zero-order valence-corrected chi connectivity index (χ0v) is 13.7. The highest BCUT2D eigenvalue weighted by atomic mass is 19.1. The fourth-order valence-corrected chi connectivity index (χ4v) is 2.38. The maximum Gasteiger partial charge on any atom is 0.252 e. The van der Waals surface area contributed by atoms with Crippen molar-refractivity contribution in [2.24, 2.45) is 0 Å². The molecule has 0 aliphatic rings. The number of aryl methyl sites for hydroxylation is 1. The molecule has 1 amide bonds. The molecule has 3 aromatic rings. The lowest BCUT2D eigenvalue weighted by atomic mass is 10.0. The van der Waals surface area contributed by atoms with Gasteiger partial charge in [0.1, 0.15) is 17.6 Å². The van der Waals surface area contributed by atoms with E-state index in [1.54, 1.807) is 56.5 Å². The number of amides is 1. The van der Waals surface area contributed by atoms with Crippen LogP contribution in [0, 0.1) is 12.7 Å². The van der Waals surface area contributed by atoms with Gasteiger partial charge in [-0.2, -0.15) is 4.98 Å². The second-order valence-corrected chi connectivity index (χ2v) is 5.33. The van der Waals surface area contributed by atoms with E-state index in [0.717, 1.165) is 0 Å². The first kappa shape index (κ1) is 16.6. The van der Waals surface area contributed by atoms with Gasteiger partial charge in [0.05, 0.1) is 7.11 Å². The van der Waals surface area contributed by atoms with Crippen molar-refractivity contribution in [3.05, 3.63) is 77.2 Å². The first-order valence-corrected chi connectivity index (χ1v) is 7.58. The molecular formula is C18H16FN3O3. The summed E-state index contributed by atoms with van der Waals surface area (Å²) in [6.45, 7) is 1.63. The molecule has 128 valence electrons. The SMILES string of the molecule is COc1ccc(C(=O)NC(c2noc(C)n2)c2ccccc2F)cc1. The number of hydrogen-bond donors (Lipinski definition) is 1. The van der Waals surface area contributed by atoms with Crippen molar-refractivity contribution in [1.29, 1.82) is 0 Å². The highest BCUT2D eigenvalue weighted by Gasteiger charge is 2.25. The van der Waals surface area contributed by atoms with E-state index in [1.165, 1.54) is 6.07 Å². The van der Waals surface area contributed by atoms with Crippen LogP contribution in [0.5, 0.6) is 5.75 Å². The van der Waals surface area contributed by atoms with Crippen LogP contribution >= 0.6 is 0 Å². The number of carbonyl (C=O) groups excluding carboxylic acids is 1. The quantitative estimate of drug-likeness (QED) is 0.772. The molecule has 0 aliphatic heterocycles. The van der Waals surface area contributed by atoms with Gasteiger partial charge in [0, 0.05) is 18.1 Å². The predicted molar refractivity (Wildman–Crippen MR) is 87.7 cm³/mol. The molecule has 0 radical (unpaired) electrons. The first-order chi connectivity index (χ1) is 12.1. The molecule has 0 fully saturated rings. The van der Waals surface area contributed by atoms with Gasteiger partial charge in [-0.25, -0.2) is 4.39 Å². The Bertz CT molecular complexity index is 877. The second-order valence-electron chi connectivity index (χ2n) is 5.33. The van der Waals surface area contributed by atoms with Crippen molar-refractivity contribution in [2.45, 2.75) is 13.0 Å². The van der Waals surface area contributed by atoms with E-state index < -0.39 is 17.8 Å². The van der Waals surface area contributed by atoms with Crippen LogP contribution in [0.4, 0.5) is 4.39 Å². The number of hydrogen-bond acceptors (Lipinski definition) is 5. The average Bonchev–Trinajstić information content (AvgIpc) is 3.06. The van der Waals surface area contributed by atoms with Gasteiger partial charge in [0.25, 0.3) is 5.91 Å². The summed E-state index contributed by atoms with van der Waals surface area (Å²) >= 11 is 0. The van der Waals surface area contributed by atoms with Crippen molar-refractivity contribution < 1.29 is 18.4 Å². The summed E-state index contributed by atoms with van der Waals surface area (Å²) in [5.74, 6) is 0.291. The van der Waals surface area contributed by atoms with Crippen molar-refractivity contribution in [3.8, 4) is 5.75 Å². The summed E-state index contributed by atoms with van der Waals surface area (Å²) in [6, 6.07) is 11.8. The summed E-state index contributed by atoms with van der Waals surface area (Å²) in [5, 5.41) is 6.57.